The van der Waals surface area contributed by atoms with E-state index < -0.39 is 18.8 Å². The molecule has 1 amide bonds. The lowest BCUT2D eigenvalue weighted by Gasteiger charge is -2.25. The van der Waals surface area contributed by atoms with Gasteiger partial charge in [-0.15, -0.1) is 0 Å². The number of pyridine rings is 1. The summed E-state index contributed by atoms with van der Waals surface area (Å²) >= 11 is 6.01. The van der Waals surface area contributed by atoms with E-state index in [4.69, 9.17) is 23.1 Å². The number of hydrogen-bond donors (Lipinski definition) is 2. The number of allylic oxidation sites excluding steroid dienone is 2. The van der Waals surface area contributed by atoms with Gasteiger partial charge in [0.1, 0.15) is 5.15 Å². The summed E-state index contributed by atoms with van der Waals surface area (Å²) in [5, 5.41) is 0.244. The summed E-state index contributed by atoms with van der Waals surface area (Å²) in [4.78, 5) is 17.9. The molecule has 1 unspecified atom stereocenters. The summed E-state index contributed by atoms with van der Waals surface area (Å²) < 4.78 is 41.0. The zero-order valence-corrected chi connectivity index (χ0v) is 14.9. The minimum atomic E-state index is -4.49. The lowest BCUT2D eigenvalue weighted by molar-refractivity contribution is -0.165. The van der Waals surface area contributed by atoms with E-state index in [1.165, 1.54) is 24.1 Å². The average molecular weight is 391 g/mol. The number of carbonyl (C=O) groups is 1. The van der Waals surface area contributed by atoms with Crippen LogP contribution in [0.2, 0.25) is 5.15 Å². The second kappa shape index (κ2) is 7.45. The number of amides is 1. The molecule has 0 spiro atoms. The highest BCUT2D eigenvalue weighted by Crippen LogP contribution is 2.30. The van der Waals surface area contributed by atoms with Crippen LogP contribution in [0, 0.1) is 0 Å². The number of nitrogens with two attached hydrogens (primary N) is 2. The van der Waals surface area contributed by atoms with Crippen LogP contribution in [0.4, 0.5) is 13.2 Å². The summed E-state index contributed by atoms with van der Waals surface area (Å²) in [7, 11) is 0. The first-order valence-electron chi connectivity index (χ1n) is 7.58. The van der Waals surface area contributed by atoms with E-state index in [-0.39, 0.29) is 34.8 Å². The molecule has 1 aromatic heterocycles. The maximum Gasteiger partial charge on any atom is 0.422 e. The number of aromatic nitrogens is 1. The first-order chi connectivity index (χ1) is 12.0. The van der Waals surface area contributed by atoms with E-state index in [1.807, 2.05) is 0 Å². The van der Waals surface area contributed by atoms with Crippen molar-refractivity contribution >= 4 is 17.5 Å². The Morgan fingerprint density at radius 2 is 2.15 bits per heavy atom. The second-order valence-electron chi connectivity index (χ2n) is 5.83. The maximum absolute atomic E-state index is 12.5. The predicted octanol–water partition coefficient (Wildman–Crippen LogP) is 2.69. The molecule has 2 heterocycles. The summed E-state index contributed by atoms with van der Waals surface area (Å²) in [6.07, 6.45) is -1.67. The van der Waals surface area contributed by atoms with Crippen LogP contribution >= 0.6 is 11.6 Å². The van der Waals surface area contributed by atoms with E-state index >= 15 is 0 Å². The van der Waals surface area contributed by atoms with Gasteiger partial charge in [0.25, 0.3) is 5.91 Å². The molecule has 0 aromatic carbocycles. The Morgan fingerprint density at radius 1 is 1.50 bits per heavy atom. The maximum atomic E-state index is 12.5. The third-order valence-electron chi connectivity index (χ3n) is 3.94. The van der Waals surface area contributed by atoms with Crippen LogP contribution in [0.15, 0.2) is 35.5 Å². The Hall–Kier alpha value is -2.42. The highest BCUT2D eigenvalue weighted by Gasteiger charge is 2.33. The number of carbonyl (C=O) groups excluding carboxylic acids is 1. The number of halogens is 4. The fourth-order valence-corrected chi connectivity index (χ4v) is 2.64. The Kier molecular flexibility index (Phi) is 5.70. The first kappa shape index (κ1) is 19.9. The molecule has 4 N–H and O–H groups in total. The SMILES string of the molecule is CC(/C=C(\N)C(C)N1Cc2c(ccnc2Cl)C1=O)=C(/N)OCC(F)(F)F. The quantitative estimate of drug-likeness (QED) is 0.458. The van der Waals surface area contributed by atoms with Gasteiger partial charge in [0, 0.05) is 28.6 Å². The second-order valence-corrected chi connectivity index (χ2v) is 6.19. The number of hydrogen-bond acceptors (Lipinski definition) is 5. The van der Waals surface area contributed by atoms with E-state index in [9.17, 15) is 18.0 Å². The van der Waals surface area contributed by atoms with Gasteiger partial charge >= 0.3 is 6.18 Å². The molecule has 1 aliphatic rings. The molecule has 0 saturated heterocycles. The van der Waals surface area contributed by atoms with Crippen LogP contribution in [0.1, 0.15) is 29.8 Å². The molecular weight excluding hydrogens is 373 g/mol. The molecule has 1 aliphatic heterocycles. The van der Waals surface area contributed by atoms with Gasteiger partial charge in [-0.05, 0) is 26.0 Å². The smallest absolute Gasteiger partial charge is 0.422 e. The minimum Gasteiger partial charge on any atom is -0.470 e. The molecule has 0 saturated carbocycles. The molecule has 6 nitrogen and oxygen atoms in total. The molecule has 0 fully saturated rings. The van der Waals surface area contributed by atoms with Crippen LogP contribution in [0.3, 0.4) is 0 Å². The molecule has 26 heavy (non-hydrogen) atoms. The minimum absolute atomic E-state index is 0.224. The number of rotatable bonds is 5. The Labute approximate surface area is 153 Å². The summed E-state index contributed by atoms with van der Waals surface area (Å²) in [6.45, 7) is 1.90. The van der Waals surface area contributed by atoms with Crippen molar-refractivity contribution in [2.75, 3.05) is 6.61 Å². The van der Waals surface area contributed by atoms with Gasteiger partial charge in [-0.1, -0.05) is 11.6 Å². The highest BCUT2D eigenvalue weighted by atomic mass is 35.5. The Balaban J connectivity index is 2.14. The van der Waals surface area contributed by atoms with Gasteiger partial charge in [0.2, 0.25) is 0 Å². The van der Waals surface area contributed by atoms with Crippen LogP contribution in [-0.4, -0.2) is 34.6 Å². The van der Waals surface area contributed by atoms with E-state index in [1.54, 1.807) is 13.0 Å². The fourth-order valence-electron chi connectivity index (χ4n) is 2.42. The number of alkyl halides is 3. The molecule has 1 atom stereocenters. The average Bonchev–Trinajstić information content (AvgIpc) is 2.89. The number of ether oxygens (including phenoxy) is 1. The van der Waals surface area contributed by atoms with Crippen LogP contribution in [-0.2, 0) is 11.3 Å². The van der Waals surface area contributed by atoms with Crippen LogP contribution in [0.5, 0.6) is 0 Å². The van der Waals surface area contributed by atoms with Crippen molar-refractivity contribution in [3.63, 3.8) is 0 Å². The third-order valence-corrected chi connectivity index (χ3v) is 4.26. The van der Waals surface area contributed by atoms with Crippen LogP contribution in [0.25, 0.3) is 0 Å². The van der Waals surface area contributed by atoms with Crippen molar-refractivity contribution in [1.29, 1.82) is 0 Å². The predicted molar refractivity (Wildman–Crippen MR) is 89.7 cm³/mol. The monoisotopic (exact) mass is 390 g/mol. The lowest BCUT2D eigenvalue weighted by Crippen LogP contribution is -2.37. The largest absolute Gasteiger partial charge is 0.470 e. The standard InChI is InChI=1S/C16H18ClF3N4O2/c1-8(14(22)26-7-16(18,19)20)5-12(21)9(2)24-6-11-10(15(24)25)3-4-23-13(11)17/h3-5,9H,6-7,21-22H2,1-2H3/b12-5-,14-8+. The zero-order valence-electron chi connectivity index (χ0n) is 14.1. The van der Waals surface area contributed by atoms with Crippen molar-refractivity contribution in [3.05, 3.63) is 51.8 Å². The molecule has 10 heteroatoms. The molecule has 0 aliphatic carbocycles. The molecule has 1 aromatic rings. The van der Waals surface area contributed by atoms with Crippen molar-refractivity contribution in [1.82, 2.24) is 9.88 Å². The Morgan fingerprint density at radius 3 is 2.73 bits per heavy atom. The number of fused-ring (bicyclic) bond motifs is 1. The number of nitrogens with zero attached hydrogens (tertiary/aromatic N) is 2. The lowest BCUT2D eigenvalue weighted by atomic mass is 10.1. The topological polar surface area (TPSA) is 94.5 Å². The van der Waals surface area contributed by atoms with Gasteiger partial charge < -0.3 is 21.1 Å². The molecule has 2 rings (SSSR count). The van der Waals surface area contributed by atoms with E-state index in [0.717, 1.165) is 0 Å². The van der Waals surface area contributed by atoms with Gasteiger partial charge in [0.05, 0.1) is 12.6 Å². The fraction of sp³-hybridized carbons (Fsp3) is 0.375. The molecule has 0 bridgehead atoms. The highest BCUT2D eigenvalue weighted by molar-refractivity contribution is 6.30. The van der Waals surface area contributed by atoms with Gasteiger partial charge in [0.15, 0.2) is 12.5 Å². The molecule has 142 valence electrons. The summed E-state index contributed by atoms with van der Waals surface area (Å²) in [5.41, 5.74) is 13.0. The normalized spacial score (nSPS) is 17.1. The summed E-state index contributed by atoms with van der Waals surface area (Å²) in [6, 6.07) is 1.04. The Bertz CT molecular complexity index is 777. The van der Waals surface area contributed by atoms with Crippen molar-refractivity contribution in [2.24, 2.45) is 11.5 Å². The molecule has 0 radical (unpaired) electrons. The third kappa shape index (κ3) is 4.40. The first-order valence-corrected chi connectivity index (χ1v) is 7.96. The van der Waals surface area contributed by atoms with E-state index in [2.05, 4.69) is 9.72 Å². The van der Waals surface area contributed by atoms with Gasteiger partial charge in [-0.3, -0.25) is 4.79 Å². The van der Waals surface area contributed by atoms with Crippen LogP contribution < -0.4 is 11.5 Å². The summed E-state index contributed by atoms with van der Waals surface area (Å²) in [5.74, 6) is -0.642. The van der Waals surface area contributed by atoms with Crippen molar-refractivity contribution in [3.8, 4) is 0 Å². The van der Waals surface area contributed by atoms with Gasteiger partial charge in [-0.2, -0.15) is 13.2 Å². The zero-order chi connectivity index (χ0) is 19.6. The van der Waals surface area contributed by atoms with E-state index in [0.29, 0.717) is 11.1 Å². The molecular formula is C16H18ClF3N4O2. The van der Waals surface area contributed by atoms with Crippen molar-refractivity contribution < 1.29 is 22.7 Å². The van der Waals surface area contributed by atoms with Crippen molar-refractivity contribution in [2.45, 2.75) is 32.6 Å². The van der Waals surface area contributed by atoms with Gasteiger partial charge in [-0.25, -0.2) is 4.98 Å².